The van der Waals surface area contributed by atoms with E-state index in [1.807, 2.05) is 13.8 Å². The maximum Gasteiger partial charge on any atom is 0.426 e. The molecular weight excluding hydrogens is 309 g/mol. The van der Waals surface area contributed by atoms with E-state index in [-0.39, 0.29) is 13.0 Å². The van der Waals surface area contributed by atoms with Gasteiger partial charge in [0.05, 0.1) is 6.61 Å². The summed E-state index contributed by atoms with van der Waals surface area (Å²) >= 11 is 0. The number of nitrogens with two attached hydrogens (primary N) is 1. The van der Waals surface area contributed by atoms with Crippen LogP contribution < -0.4 is 11.3 Å². The zero-order valence-electron chi connectivity index (χ0n) is 13.3. The second-order valence-corrected chi connectivity index (χ2v) is 4.40. The minimum absolute atomic E-state index is 0.0400. The summed E-state index contributed by atoms with van der Waals surface area (Å²) in [4.78, 5) is 11.7. The van der Waals surface area contributed by atoms with Crippen LogP contribution in [0, 0.1) is 0 Å². The topological polar surface area (TPSA) is 64.3 Å². The van der Waals surface area contributed by atoms with Crippen LogP contribution in [0.4, 0.5) is 13.2 Å². The van der Waals surface area contributed by atoms with Crippen LogP contribution >= 0.6 is 0 Å². The lowest BCUT2D eigenvalue weighted by Crippen LogP contribution is -2.60. The van der Waals surface area contributed by atoms with Crippen LogP contribution in [0.2, 0.25) is 0 Å². The summed E-state index contributed by atoms with van der Waals surface area (Å²) < 4.78 is 45.1. The van der Waals surface area contributed by atoms with Crippen LogP contribution in [0.3, 0.4) is 0 Å². The zero-order valence-corrected chi connectivity index (χ0v) is 13.3. The third kappa shape index (κ3) is 5.69. The quantitative estimate of drug-likeness (QED) is 0.348. The summed E-state index contributed by atoms with van der Waals surface area (Å²) in [6, 6.07) is 8.27. The van der Waals surface area contributed by atoms with Gasteiger partial charge in [-0.05, 0) is 18.4 Å². The van der Waals surface area contributed by atoms with Crippen molar-refractivity contribution in [2.75, 3.05) is 0 Å². The fraction of sp³-hybridized carbons (Fsp3) is 0.438. The number of halogens is 3. The average Bonchev–Trinajstić information content (AvgIpc) is 2.56. The molecule has 3 N–H and O–H groups in total. The number of hydrogen-bond donors (Lipinski definition) is 2. The van der Waals surface area contributed by atoms with E-state index in [1.54, 1.807) is 30.3 Å². The van der Waals surface area contributed by atoms with E-state index in [0.717, 1.165) is 0 Å². The van der Waals surface area contributed by atoms with E-state index in [9.17, 15) is 18.0 Å². The number of hydrogen-bond acceptors (Lipinski definition) is 3. The monoisotopic (exact) mass is 332 g/mol. The predicted molar refractivity (Wildman–Crippen MR) is 83.1 cm³/mol. The molecule has 0 bridgehead atoms. The average molecular weight is 332 g/mol. The summed E-state index contributed by atoms with van der Waals surface area (Å²) in [5.74, 6) is 3.47. The van der Waals surface area contributed by atoms with Crippen molar-refractivity contribution in [2.24, 2.45) is 5.84 Å². The van der Waals surface area contributed by atoms with E-state index >= 15 is 0 Å². The minimum Gasteiger partial charge on any atom is -0.352 e. The standard InChI is InChI=1S/C14H17F3N2O2.C2H6/c1-2-3-9-13(12(20)19-18,14(15,16)17)21-10-11-7-5-4-6-8-11;1-2/h2,4-8H,1,3,9-10,18H2,(H,19,20);1-2H3. The van der Waals surface area contributed by atoms with Crippen LogP contribution in [0.5, 0.6) is 0 Å². The van der Waals surface area contributed by atoms with Crippen molar-refractivity contribution in [1.82, 2.24) is 5.43 Å². The highest BCUT2D eigenvalue weighted by Crippen LogP contribution is 2.38. The summed E-state index contributed by atoms with van der Waals surface area (Å²) in [6.07, 6.45) is -4.23. The van der Waals surface area contributed by atoms with Crippen LogP contribution in [-0.4, -0.2) is 17.7 Å². The molecule has 1 amide bonds. The number of amides is 1. The molecule has 1 aromatic rings. The van der Waals surface area contributed by atoms with E-state index in [1.165, 1.54) is 11.5 Å². The van der Waals surface area contributed by atoms with E-state index in [0.29, 0.717) is 5.56 Å². The van der Waals surface area contributed by atoms with Gasteiger partial charge in [0.1, 0.15) is 0 Å². The number of nitrogens with one attached hydrogen (secondary N) is 1. The molecular formula is C16H23F3N2O2. The highest BCUT2D eigenvalue weighted by Gasteiger charge is 2.61. The molecule has 0 saturated heterocycles. The van der Waals surface area contributed by atoms with E-state index in [2.05, 4.69) is 6.58 Å². The Balaban J connectivity index is 0.00000232. The lowest BCUT2D eigenvalue weighted by molar-refractivity contribution is -0.272. The molecule has 1 unspecified atom stereocenters. The fourth-order valence-corrected chi connectivity index (χ4v) is 1.81. The van der Waals surface area contributed by atoms with Gasteiger partial charge in [0.15, 0.2) is 0 Å². The largest absolute Gasteiger partial charge is 0.426 e. The van der Waals surface area contributed by atoms with Crippen molar-refractivity contribution in [3.05, 3.63) is 48.6 Å². The molecule has 1 atom stereocenters. The fourth-order valence-electron chi connectivity index (χ4n) is 1.81. The molecule has 0 heterocycles. The Bertz CT molecular complexity index is 478. The lowest BCUT2D eigenvalue weighted by Gasteiger charge is -2.33. The van der Waals surface area contributed by atoms with Crippen molar-refractivity contribution in [1.29, 1.82) is 0 Å². The van der Waals surface area contributed by atoms with Gasteiger partial charge < -0.3 is 4.74 Å². The third-order valence-electron chi connectivity index (χ3n) is 2.98. The summed E-state index contributed by atoms with van der Waals surface area (Å²) in [7, 11) is 0. The Morgan fingerprint density at radius 2 is 1.87 bits per heavy atom. The number of hydrazine groups is 1. The van der Waals surface area contributed by atoms with Crippen LogP contribution in [0.1, 0.15) is 32.3 Å². The van der Waals surface area contributed by atoms with Gasteiger partial charge in [-0.25, -0.2) is 5.84 Å². The number of carbonyl (C=O) groups excluding carboxylic acids is 1. The molecule has 0 radical (unpaired) electrons. The Morgan fingerprint density at radius 1 is 1.30 bits per heavy atom. The number of benzene rings is 1. The first-order valence-electron chi connectivity index (χ1n) is 7.24. The molecule has 0 aliphatic heterocycles. The Labute approximate surface area is 134 Å². The van der Waals surface area contributed by atoms with Crippen molar-refractivity contribution in [3.63, 3.8) is 0 Å². The van der Waals surface area contributed by atoms with E-state index in [4.69, 9.17) is 10.6 Å². The molecule has 0 saturated carbocycles. The summed E-state index contributed by atoms with van der Waals surface area (Å²) in [5, 5.41) is 0. The Kier molecular flexibility index (Phi) is 9.21. The SMILES string of the molecule is C=CCCC(OCc1ccccc1)(C(=O)NN)C(F)(F)F.CC. The number of carbonyl (C=O) groups is 1. The maximum atomic E-state index is 13.4. The van der Waals surface area contributed by atoms with Crippen molar-refractivity contribution < 1.29 is 22.7 Å². The Morgan fingerprint density at radius 3 is 2.30 bits per heavy atom. The number of ether oxygens (including phenoxy) is 1. The predicted octanol–water partition coefficient (Wildman–Crippen LogP) is 3.49. The first kappa shape index (κ1) is 21.1. The van der Waals surface area contributed by atoms with Gasteiger partial charge in [-0.1, -0.05) is 50.3 Å². The normalized spacial score (nSPS) is 13.3. The van der Waals surface area contributed by atoms with Crippen LogP contribution in [0.15, 0.2) is 43.0 Å². The molecule has 23 heavy (non-hydrogen) atoms. The highest BCUT2D eigenvalue weighted by atomic mass is 19.4. The maximum absolute atomic E-state index is 13.4. The van der Waals surface area contributed by atoms with Crippen LogP contribution in [0.25, 0.3) is 0 Å². The van der Waals surface area contributed by atoms with Gasteiger partial charge in [0.2, 0.25) is 5.60 Å². The lowest BCUT2D eigenvalue weighted by atomic mass is 9.95. The first-order valence-corrected chi connectivity index (χ1v) is 7.24. The smallest absolute Gasteiger partial charge is 0.352 e. The van der Waals surface area contributed by atoms with Gasteiger partial charge in [-0.3, -0.25) is 10.2 Å². The molecule has 0 aliphatic rings. The molecule has 130 valence electrons. The van der Waals surface area contributed by atoms with Gasteiger partial charge in [0, 0.05) is 0 Å². The summed E-state index contributed by atoms with van der Waals surface area (Å²) in [6.45, 7) is 7.01. The van der Waals surface area contributed by atoms with E-state index < -0.39 is 24.1 Å². The number of rotatable bonds is 7. The summed E-state index contributed by atoms with van der Waals surface area (Å²) in [5.41, 5.74) is -0.932. The third-order valence-corrected chi connectivity index (χ3v) is 2.98. The van der Waals surface area contributed by atoms with Crippen molar-refractivity contribution in [2.45, 2.75) is 45.1 Å². The molecule has 1 rings (SSSR count). The number of allylic oxidation sites excluding steroid dienone is 1. The minimum atomic E-state index is -4.89. The van der Waals surface area contributed by atoms with Gasteiger partial charge in [-0.2, -0.15) is 13.2 Å². The van der Waals surface area contributed by atoms with Gasteiger partial charge in [-0.15, -0.1) is 6.58 Å². The molecule has 0 spiro atoms. The van der Waals surface area contributed by atoms with Crippen molar-refractivity contribution >= 4 is 5.91 Å². The van der Waals surface area contributed by atoms with Gasteiger partial charge in [0.25, 0.3) is 5.91 Å². The van der Waals surface area contributed by atoms with Crippen molar-refractivity contribution in [3.8, 4) is 0 Å². The highest BCUT2D eigenvalue weighted by molar-refractivity contribution is 5.85. The first-order chi connectivity index (χ1) is 10.9. The molecule has 0 fully saturated rings. The second-order valence-electron chi connectivity index (χ2n) is 4.40. The molecule has 4 nitrogen and oxygen atoms in total. The molecule has 0 aliphatic carbocycles. The Hall–Kier alpha value is -1.86. The van der Waals surface area contributed by atoms with Crippen LogP contribution in [-0.2, 0) is 16.1 Å². The second kappa shape index (κ2) is 10.0. The van der Waals surface area contributed by atoms with Gasteiger partial charge >= 0.3 is 6.18 Å². The molecule has 1 aromatic carbocycles. The zero-order chi connectivity index (χ0) is 17.9. The molecule has 0 aromatic heterocycles. The number of alkyl halides is 3. The molecule has 7 heteroatoms.